The largest absolute Gasteiger partial charge is 0.489 e. The normalized spacial score (nSPS) is 10.2. The van der Waals surface area contributed by atoms with Gasteiger partial charge in [0.1, 0.15) is 12.6 Å². The van der Waals surface area contributed by atoms with Crippen molar-refractivity contribution in [3.8, 4) is 11.5 Å². The van der Waals surface area contributed by atoms with Crippen LogP contribution in [0.25, 0.3) is 10.8 Å². The molecule has 2 aromatic rings. The van der Waals surface area contributed by atoms with Crippen molar-refractivity contribution in [1.82, 2.24) is 0 Å². The first-order chi connectivity index (χ1) is 9.85. The average molecular weight is 272 g/mol. The van der Waals surface area contributed by atoms with Crippen molar-refractivity contribution < 1.29 is 19.1 Å². The first-order valence-electron chi connectivity index (χ1n) is 6.51. The third-order valence-electron chi connectivity index (χ3n) is 2.80. The van der Waals surface area contributed by atoms with Gasteiger partial charge >= 0.3 is 0 Å². The van der Waals surface area contributed by atoms with E-state index in [1.54, 1.807) is 0 Å². The number of aldehydes is 2. The van der Waals surface area contributed by atoms with Crippen molar-refractivity contribution >= 4 is 23.3 Å². The predicted octanol–water partition coefficient (Wildman–Crippen LogP) is 2.78. The van der Waals surface area contributed by atoms with Crippen LogP contribution in [0.5, 0.6) is 11.5 Å². The van der Waals surface area contributed by atoms with Crippen LogP contribution in [0, 0.1) is 0 Å². The van der Waals surface area contributed by atoms with E-state index < -0.39 is 0 Å². The van der Waals surface area contributed by atoms with Crippen LogP contribution in [0.3, 0.4) is 0 Å². The van der Waals surface area contributed by atoms with Gasteiger partial charge in [0.05, 0.1) is 13.2 Å². The third kappa shape index (κ3) is 3.57. The van der Waals surface area contributed by atoms with Gasteiger partial charge in [-0.1, -0.05) is 24.3 Å². The van der Waals surface area contributed by atoms with Crippen molar-refractivity contribution in [2.24, 2.45) is 0 Å². The van der Waals surface area contributed by atoms with E-state index in [1.165, 1.54) is 0 Å². The van der Waals surface area contributed by atoms with E-state index in [1.807, 2.05) is 36.4 Å². The maximum Gasteiger partial charge on any atom is 0.161 e. The number of hydrogen-bond acceptors (Lipinski definition) is 4. The molecule has 0 unspecified atom stereocenters. The Morgan fingerprint density at radius 2 is 1.25 bits per heavy atom. The summed E-state index contributed by atoms with van der Waals surface area (Å²) in [6, 6.07) is 11.6. The van der Waals surface area contributed by atoms with E-state index in [4.69, 9.17) is 9.47 Å². The highest BCUT2D eigenvalue weighted by Crippen LogP contribution is 2.32. The van der Waals surface area contributed by atoms with Crippen LogP contribution in [0.4, 0.5) is 0 Å². The van der Waals surface area contributed by atoms with Crippen molar-refractivity contribution in [2.75, 3.05) is 13.2 Å². The molecule has 20 heavy (non-hydrogen) atoms. The Morgan fingerprint density at radius 1 is 0.800 bits per heavy atom. The van der Waals surface area contributed by atoms with Crippen LogP contribution in [-0.2, 0) is 9.59 Å². The Morgan fingerprint density at radius 3 is 1.65 bits per heavy atom. The van der Waals surface area contributed by atoms with Gasteiger partial charge in [-0.15, -0.1) is 0 Å². The Labute approximate surface area is 117 Å². The Bertz CT molecular complexity index is 540. The summed E-state index contributed by atoms with van der Waals surface area (Å²) in [7, 11) is 0. The third-order valence-corrected chi connectivity index (χ3v) is 2.80. The van der Waals surface area contributed by atoms with Gasteiger partial charge in [-0.25, -0.2) is 0 Å². The fourth-order valence-electron chi connectivity index (χ4n) is 1.86. The summed E-state index contributed by atoms with van der Waals surface area (Å²) in [6.07, 6.45) is 2.29. The minimum atomic E-state index is 0.311. The molecule has 0 aliphatic heterocycles. The van der Waals surface area contributed by atoms with Gasteiger partial charge in [0, 0.05) is 12.8 Å². The molecule has 0 aliphatic carbocycles. The molecule has 0 atom stereocenters. The molecular formula is C16H16O4. The summed E-state index contributed by atoms with van der Waals surface area (Å²) in [4.78, 5) is 20.7. The van der Waals surface area contributed by atoms with Crippen LogP contribution in [-0.4, -0.2) is 25.8 Å². The lowest BCUT2D eigenvalue weighted by molar-refractivity contribution is -0.109. The van der Waals surface area contributed by atoms with Gasteiger partial charge in [0.2, 0.25) is 0 Å². The van der Waals surface area contributed by atoms with E-state index in [9.17, 15) is 9.59 Å². The monoisotopic (exact) mass is 272 g/mol. The van der Waals surface area contributed by atoms with Gasteiger partial charge in [-0.3, -0.25) is 0 Å². The Hall–Kier alpha value is -2.36. The molecule has 0 N–H and O–H groups in total. The molecule has 0 fully saturated rings. The average Bonchev–Trinajstić information content (AvgIpc) is 2.48. The molecule has 0 aliphatic rings. The Balaban J connectivity index is 2.25. The number of ether oxygens (including phenoxy) is 2. The molecule has 0 bridgehead atoms. The van der Waals surface area contributed by atoms with Crippen LogP contribution in [0.1, 0.15) is 12.8 Å². The fraction of sp³-hybridized carbons (Fsp3) is 0.250. The molecule has 4 heteroatoms. The summed E-state index contributed by atoms with van der Waals surface area (Å²) in [5.41, 5.74) is 0. The molecule has 2 rings (SSSR count). The SMILES string of the molecule is O=CCCOc1cc2ccccc2cc1OCCC=O. The van der Waals surface area contributed by atoms with E-state index in [-0.39, 0.29) is 0 Å². The molecule has 4 nitrogen and oxygen atoms in total. The molecule has 104 valence electrons. The van der Waals surface area contributed by atoms with Gasteiger partial charge in [-0.05, 0) is 22.9 Å². The molecule has 0 aromatic heterocycles. The van der Waals surface area contributed by atoms with E-state index in [0.717, 1.165) is 23.3 Å². The zero-order valence-electron chi connectivity index (χ0n) is 11.1. The topological polar surface area (TPSA) is 52.6 Å². The van der Waals surface area contributed by atoms with Crippen LogP contribution >= 0.6 is 0 Å². The van der Waals surface area contributed by atoms with E-state index in [0.29, 0.717) is 37.6 Å². The van der Waals surface area contributed by atoms with E-state index >= 15 is 0 Å². The molecule has 2 aromatic carbocycles. The molecular weight excluding hydrogens is 256 g/mol. The van der Waals surface area contributed by atoms with Gasteiger partial charge in [0.15, 0.2) is 11.5 Å². The minimum absolute atomic E-state index is 0.311. The van der Waals surface area contributed by atoms with Crippen molar-refractivity contribution in [3.05, 3.63) is 36.4 Å². The number of rotatable bonds is 8. The summed E-state index contributed by atoms with van der Waals surface area (Å²) >= 11 is 0. The smallest absolute Gasteiger partial charge is 0.161 e. The zero-order valence-corrected chi connectivity index (χ0v) is 11.1. The highest BCUT2D eigenvalue weighted by atomic mass is 16.5. The van der Waals surface area contributed by atoms with Crippen molar-refractivity contribution in [2.45, 2.75) is 12.8 Å². The number of benzene rings is 2. The van der Waals surface area contributed by atoms with Crippen LogP contribution in [0.2, 0.25) is 0 Å². The number of carbonyl (C=O) groups excluding carboxylic acids is 2. The van der Waals surface area contributed by atoms with E-state index in [2.05, 4.69) is 0 Å². The summed E-state index contributed by atoms with van der Waals surface area (Å²) < 4.78 is 11.1. The fourth-order valence-corrected chi connectivity index (χ4v) is 1.86. The summed E-state index contributed by atoms with van der Waals surface area (Å²) in [5.74, 6) is 1.19. The Kier molecular flexibility index (Phi) is 5.12. The number of carbonyl (C=O) groups is 2. The second-order valence-corrected chi connectivity index (χ2v) is 4.25. The summed E-state index contributed by atoms with van der Waals surface area (Å²) in [5, 5.41) is 2.08. The molecule has 0 radical (unpaired) electrons. The second kappa shape index (κ2) is 7.28. The van der Waals surface area contributed by atoms with Crippen LogP contribution in [0.15, 0.2) is 36.4 Å². The molecule has 0 saturated heterocycles. The lowest BCUT2D eigenvalue weighted by Crippen LogP contribution is -2.03. The lowest BCUT2D eigenvalue weighted by Gasteiger charge is -2.13. The van der Waals surface area contributed by atoms with Gasteiger partial charge in [-0.2, -0.15) is 0 Å². The first kappa shape index (κ1) is 14.1. The molecule has 0 spiro atoms. The lowest BCUT2D eigenvalue weighted by atomic mass is 10.1. The van der Waals surface area contributed by atoms with Crippen molar-refractivity contribution in [1.29, 1.82) is 0 Å². The van der Waals surface area contributed by atoms with Gasteiger partial charge < -0.3 is 19.1 Å². The first-order valence-corrected chi connectivity index (χ1v) is 6.51. The second-order valence-electron chi connectivity index (χ2n) is 4.25. The number of fused-ring (bicyclic) bond motifs is 1. The zero-order chi connectivity index (χ0) is 14.2. The molecule has 0 amide bonds. The molecule has 0 saturated carbocycles. The summed E-state index contributed by atoms with van der Waals surface area (Å²) in [6.45, 7) is 0.623. The molecule has 0 heterocycles. The maximum atomic E-state index is 10.4. The highest BCUT2D eigenvalue weighted by Gasteiger charge is 2.07. The quantitative estimate of drug-likeness (QED) is 0.547. The predicted molar refractivity (Wildman–Crippen MR) is 76.3 cm³/mol. The highest BCUT2D eigenvalue weighted by molar-refractivity contribution is 5.86. The minimum Gasteiger partial charge on any atom is -0.489 e. The van der Waals surface area contributed by atoms with Crippen molar-refractivity contribution in [3.63, 3.8) is 0 Å². The number of hydrogen-bond donors (Lipinski definition) is 0. The van der Waals surface area contributed by atoms with Gasteiger partial charge in [0.25, 0.3) is 0 Å². The maximum absolute atomic E-state index is 10.4. The van der Waals surface area contributed by atoms with Crippen LogP contribution < -0.4 is 9.47 Å². The standard InChI is InChI=1S/C16H16O4/c17-7-3-9-19-15-11-13-5-1-2-6-14(13)12-16(15)20-10-4-8-18/h1-2,5-8,11-12H,3-4,9-10H2.